The van der Waals surface area contributed by atoms with E-state index in [0.29, 0.717) is 5.75 Å². The van der Waals surface area contributed by atoms with Crippen molar-refractivity contribution in [2.75, 3.05) is 19.6 Å². The molecule has 0 spiro atoms. The zero-order chi connectivity index (χ0) is 16.8. The Morgan fingerprint density at radius 3 is 2.60 bits per heavy atom. The van der Waals surface area contributed by atoms with E-state index >= 15 is 0 Å². The monoisotopic (exact) mass is 359 g/mol. The van der Waals surface area contributed by atoms with Crippen molar-refractivity contribution in [2.45, 2.75) is 44.4 Å². The number of phenolic OH excluding ortho intramolecular Hbond substituents is 1. The van der Waals surface area contributed by atoms with Gasteiger partial charge in [0.2, 0.25) is 0 Å². The molecule has 3 heteroatoms. The highest BCUT2D eigenvalue weighted by Crippen LogP contribution is 2.39. The highest BCUT2D eigenvalue weighted by molar-refractivity contribution is 5.85. The van der Waals surface area contributed by atoms with E-state index in [4.69, 9.17) is 0 Å². The molecule has 1 fully saturated rings. The highest BCUT2D eigenvalue weighted by atomic mass is 35.5. The van der Waals surface area contributed by atoms with Crippen LogP contribution in [0.1, 0.15) is 43.7 Å². The molecule has 1 heterocycles. The third-order valence-corrected chi connectivity index (χ3v) is 5.40. The second kappa shape index (κ2) is 9.26. The molecule has 1 aliphatic rings. The molecule has 2 aromatic rings. The van der Waals surface area contributed by atoms with Crippen molar-refractivity contribution in [1.29, 1.82) is 0 Å². The van der Waals surface area contributed by atoms with E-state index < -0.39 is 0 Å². The van der Waals surface area contributed by atoms with Gasteiger partial charge in [-0.25, -0.2) is 0 Å². The Morgan fingerprint density at radius 1 is 1.08 bits per heavy atom. The topological polar surface area (TPSA) is 23.5 Å². The molecule has 136 valence electrons. The summed E-state index contributed by atoms with van der Waals surface area (Å²) in [7, 11) is 0. The Kier molecular flexibility index (Phi) is 7.34. The summed E-state index contributed by atoms with van der Waals surface area (Å²) < 4.78 is 0. The second-order valence-electron chi connectivity index (χ2n) is 7.20. The van der Waals surface area contributed by atoms with E-state index in [1.54, 1.807) is 6.07 Å². The smallest absolute Gasteiger partial charge is 0.115 e. The number of halogens is 1. The number of likely N-dealkylation sites (tertiary alicyclic amines) is 1. The van der Waals surface area contributed by atoms with Crippen LogP contribution in [-0.4, -0.2) is 29.6 Å². The molecular formula is C22H30ClNO. The lowest BCUT2D eigenvalue weighted by atomic mass is 9.71. The molecule has 1 saturated heterocycles. The molecule has 3 rings (SSSR count). The van der Waals surface area contributed by atoms with Crippen molar-refractivity contribution in [3.8, 4) is 5.75 Å². The zero-order valence-electron chi connectivity index (χ0n) is 15.2. The number of piperidine rings is 1. The third kappa shape index (κ3) is 4.99. The summed E-state index contributed by atoms with van der Waals surface area (Å²) in [6.45, 7) is 5.69. The number of aromatic hydroxyl groups is 1. The number of hydrogen-bond acceptors (Lipinski definition) is 2. The molecule has 25 heavy (non-hydrogen) atoms. The molecule has 2 nitrogen and oxygen atoms in total. The lowest BCUT2D eigenvalue weighted by Crippen LogP contribution is -2.46. The minimum atomic E-state index is 0. The minimum Gasteiger partial charge on any atom is -0.508 e. The second-order valence-corrected chi connectivity index (χ2v) is 7.20. The molecule has 0 amide bonds. The van der Waals surface area contributed by atoms with Crippen LogP contribution in [0.4, 0.5) is 0 Å². The van der Waals surface area contributed by atoms with Crippen molar-refractivity contribution >= 4 is 12.4 Å². The van der Waals surface area contributed by atoms with Crippen molar-refractivity contribution < 1.29 is 5.11 Å². The largest absolute Gasteiger partial charge is 0.508 e. The van der Waals surface area contributed by atoms with Gasteiger partial charge in [-0.1, -0.05) is 55.8 Å². The fraction of sp³-hybridized carbons (Fsp3) is 0.455. The van der Waals surface area contributed by atoms with Crippen molar-refractivity contribution in [2.24, 2.45) is 0 Å². The summed E-state index contributed by atoms with van der Waals surface area (Å²) in [6.07, 6.45) is 5.96. The van der Waals surface area contributed by atoms with Crippen molar-refractivity contribution in [3.63, 3.8) is 0 Å². The van der Waals surface area contributed by atoms with Crippen LogP contribution in [0.25, 0.3) is 0 Å². The van der Waals surface area contributed by atoms with E-state index in [9.17, 15) is 5.11 Å². The van der Waals surface area contributed by atoms with Crippen molar-refractivity contribution in [1.82, 2.24) is 4.90 Å². The number of rotatable bonds is 6. The summed E-state index contributed by atoms with van der Waals surface area (Å²) in [5.41, 5.74) is 2.93. The Morgan fingerprint density at radius 2 is 1.88 bits per heavy atom. The fourth-order valence-electron chi connectivity index (χ4n) is 4.25. The summed E-state index contributed by atoms with van der Waals surface area (Å²) in [5, 5.41) is 9.93. The predicted molar refractivity (Wildman–Crippen MR) is 108 cm³/mol. The van der Waals surface area contributed by atoms with Crippen LogP contribution in [-0.2, 0) is 11.8 Å². The van der Waals surface area contributed by atoms with Crippen LogP contribution in [0.15, 0.2) is 54.6 Å². The molecule has 0 bridgehead atoms. The summed E-state index contributed by atoms with van der Waals surface area (Å²) >= 11 is 0. The van der Waals surface area contributed by atoms with E-state index in [0.717, 1.165) is 19.5 Å². The minimum absolute atomic E-state index is 0. The van der Waals surface area contributed by atoms with E-state index in [2.05, 4.69) is 48.2 Å². The van der Waals surface area contributed by atoms with Crippen molar-refractivity contribution in [3.05, 3.63) is 65.7 Å². The van der Waals surface area contributed by atoms with Crippen LogP contribution < -0.4 is 0 Å². The fourth-order valence-corrected chi connectivity index (χ4v) is 4.25. The average Bonchev–Trinajstić information content (AvgIpc) is 2.61. The SMILES string of the molecule is CCCC1(c2cccc(O)c2)CCCN(CCc2ccccc2)C1.Cl. The number of nitrogens with zero attached hydrogens (tertiary/aromatic N) is 1. The maximum absolute atomic E-state index is 9.93. The molecule has 0 aromatic heterocycles. The molecule has 2 aromatic carbocycles. The van der Waals surface area contributed by atoms with Crippen LogP contribution in [0.5, 0.6) is 5.75 Å². The molecule has 0 aliphatic carbocycles. The first kappa shape index (κ1) is 19.8. The van der Waals surface area contributed by atoms with E-state index in [1.165, 1.54) is 43.4 Å². The molecule has 1 atom stereocenters. The Hall–Kier alpha value is -1.51. The first-order chi connectivity index (χ1) is 11.7. The summed E-state index contributed by atoms with van der Waals surface area (Å²) in [4.78, 5) is 2.62. The predicted octanol–water partition coefficient (Wildman–Crippen LogP) is 5.19. The standard InChI is InChI=1S/C22H29NO.ClH/c1-2-13-22(20-10-6-11-21(24)17-20)14-7-15-23(18-22)16-12-19-8-4-3-5-9-19;/h3-6,8-11,17,24H,2,7,12-16,18H2,1H3;1H. The lowest BCUT2D eigenvalue weighted by molar-refractivity contribution is 0.139. The number of benzene rings is 2. The lowest BCUT2D eigenvalue weighted by Gasteiger charge is -2.43. The highest BCUT2D eigenvalue weighted by Gasteiger charge is 2.36. The quantitative estimate of drug-likeness (QED) is 0.767. The van der Waals surface area contributed by atoms with Gasteiger partial charge >= 0.3 is 0 Å². The number of hydrogen-bond donors (Lipinski definition) is 1. The molecule has 1 N–H and O–H groups in total. The maximum Gasteiger partial charge on any atom is 0.115 e. The van der Waals surface area contributed by atoms with Gasteiger partial charge in [-0.05, 0) is 55.5 Å². The van der Waals surface area contributed by atoms with Crippen LogP contribution in [0, 0.1) is 0 Å². The maximum atomic E-state index is 9.93. The van der Waals surface area contributed by atoms with Gasteiger partial charge in [-0.3, -0.25) is 0 Å². The first-order valence-corrected chi connectivity index (χ1v) is 9.28. The summed E-state index contributed by atoms with van der Waals surface area (Å²) in [6, 6.07) is 18.7. The Balaban J connectivity index is 0.00000225. The molecular weight excluding hydrogens is 330 g/mol. The molecule has 0 radical (unpaired) electrons. The van der Waals surface area contributed by atoms with Gasteiger partial charge in [0.15, 0.2) is 0 Å². The van der Waals surface area contributed by atoms with Gasteiger partial charge in [0.1, 0.15) is 5.75 Å². The van der Waals surface area contributed by atoms with Gasteiger partial charge < -0.3 is 10.0 Å². The van der Waals surface area contributed by atoms with E-state index in [1.807, 2.05) is 12.1 Å². The number of phenols is 1. The zero-order valence-corrected chi connectivity index (χ0v) is 16.0. The van der Waals surface area contributed by atoms with Crippen LogP contribution in [0.2, 0.25) is 0 Å². The van der Waals surface area contributed by atoms with E-state index in [-0.39, 0.29) is 17.8 Å². The third-order valence-electron chi connectivity index (χ3n) is 5.40. The van der Waals surface area contributed by atoms with Gasteiger partial charge in [0.25, 0.3) is 0 Å². The molecule has 0 saturated carbocycles. The molecule has 1 aliphatic heterocycles. The van der Waals surface area contributed by atoms with Gasteiger partial charge in [-0.2, -0.15) is 0 Å². The summed E-state index contributed by atoms with van der Waals surface area (Å²) in [5.74, 6) is 0.393. The first-order valence-electron chi connectivity index (χ1n) is 9.28. The molecule has 1 unspecified atom stereocenters. The van der Waals surface area contributed by atoms with Crippen LogP contribution >= 0.6 is 12.4 Å². The Bertz CT molecular complexity index is 641. The van der Waals surface area contributed by atoms with Gasteiger partial charge in [0, 0.05) is 18.5 Å². The van der Waals surface area contributed by atoms with Gasteiger partial charge in [0.05, 0.1) is 0 Å². The Labute approximate surface area is 158 Å². The van der Waals surface area contributed by atoms with Crippen LogP contribution in [0.3, 0.4) is 0 Å². The normalized spacial score (nSPS) is 20.8. The van der Waals surface area contributed by atoms with Gasteiger partial charge in [-0.15, -0.1) is 12.4 Å². The average molecular weight is 360 g/mol.